The first-order valence-electron chi connectivity index (χ1n) is 12.6. The highest BCUT2D eigenvalue weighted by Gasteiger charge is 2.36. The molecule has 0 aromatic heterocycles. The number of ketones is 1. The molecule has 1 aliphatic carbocycles. The minimum atomic E-state index is -0.757. The highest BCUT2D eigenvalue weighted by molar-refractivity contribution is 6.06. The number of rotatable bonds is 9. The molecule has 0 aromatic carbocycles. The zero-order valence-corrected chi connectivity index (χ0v) is 23.1. The second kappa shape index (κ2) is 13.2. The van der Waals surface area contributed by atoms with Gasteiger partial charge in [0.1, 0.15) is 0 Å². The molecule has 0 bridgehead atoms. The number of hydrogen-bond acceptors (Lipinski definition) is 3. The summed E-state index contributed by atoms with van der Waals surface area (Å²) in [5.74, 6) is 0.913. The van der Waals surface area contributed by atoms with Crippen molar-refractivity contribution in [2.75, 3.05) is 0 Å². The summed E-state index contributed by atoms with van der Waals surface area (Å²) in [6, 6.07) is 0. The van der Waals surface area contributed by atoms with Crippen molar-refractivity contribution < 1.29 is 19.8 Å². The summed E-state index contributed by atoms with van der Waals surface area (Å²) >= 11 is 0. The third kappa shape index (κ3) is 9.90. The molecule has 4 heteroatoms. The van der Waals surface area contributed by atoms with Crippen LogP contribution in [0.25, 0.3) is 0 Å². The first kappa shape index (κ1) is 31.2. The molecule has 33 heavy (non-hydrogen) atoms. The van der Waals surface area contributed by atoms with Crippen molar-refractivity contribution >= 4 is 11.8 Å². The maximum absolute atomic E-state index is 12.4. The van der Waals surface area contributed by atoms with Gasteiger partial charge in [0, 0.05) is 5.57 Å². The SMILES string of the molecule is C/C=C1\C([C@](C)(CCC(C)CC(C)C)C[C@@H](C)CC)=CC(=O)C(O)=C1C.CC(C)(C)C(=O)O. The number of carbonyl (C=O) groups excluding carboxylic acids is 1. The minimum absolute atomic E-state index is 0.0415. The van der Waals surface area contributed by atoms with Gasteiger partial charge in [0.2, 0.25) is 5.78 Å². The van der Waals surface area contributed by atoms with Crippen molar-refractivity contribution in [3.8, 4) is 0 Å². The first-order chi connectivity index (χ1) is 15.0. The summed E-state index contributed by atoms with van der Waals surface area (Å²) in [5, 5.41) is 18.4. The van der Waals surface area contributed by atoms with Gasteiger partial charge < -0.3 is 10.2 Å². The number of aliphatic carboxylic acids is 1. The third-order valence-corrected chi connectivity index (χ3v) is 6.70. The number of carboxylic acid groups (broad SMARTS) is 1. The molecular weight excluding hydrogens is 412 g/mol. The lowest BCUT2D eigenvalue weighted by atomic mass is 9.66. The van der Waals surface area contributed by atoms with Gasteiger partial charge in [-0.15, -0.1) is 0 Å². The molecule has 0 aromatic rings. The molecule has 0 radical (unpaired) electrons. The van der Waals surface area contributed by atoms with E-state index in [1.807, 2.05) is 13.8 Å². The van der Waals surface area contributed by atoms with Gasteiger partial charge in [0.25, 0.3) is 0 Å². The van der Waals surface area contributed by atoms with Crippen molar-refractivity contribution in [3.63, 3.8) is 0 Å². The molecule has 0 saturated carbocycles. The first-order valence-corrected chi connectivity index (χ1v) is 12.6. The van der Waals surface area contributed by atoms with E-state index < -0.39 is 11.4 Å². The number of allylic oxidation sites excluding steroid dienone is 5. The summed E-state index contributed by atoms with van der Waals surface area (Å²) < 4.78 is 0. The molecule has 1 aliphatic rings. The predicted molar refractivity (Wildman–Crippen MR) is 139 cm³/mol. The van der Waals surface area contributed by atoms with E-state index in [4.69, 9.17) is 5.11 Å². The van der Waals surface area contributed by atoms with Crippen molar-refractivity contribution in [3.05, 3.63) is 34.6 Å². The molecule has 2 N–H and O–H groups in total. The van der Waals surface area contributed by atoms with Crippen LogP contribution in [0.15, 0.2) is 34.6 Å². The molecule has 190 valence electrons. The second-order valence-electron chi connectivity index (χ2n) is 11.7. The van der Waals surface area contributed by atoms with E-state index >= 15 is 0 Å². The highest BCUT2D eigenvalue weighted by Crippen LogP contribution is 2.47. The van der Waals surface area contributed by atoms with Gasteiger partial charge in [0.05, 0.1) is 5.41 Å². The van der Waals surface area contributed by atoms with Crippen LogP contribution in [-0.2, 0) is 9.59 Å². The molecule has 0 fully saturated rings. The van der Waals surface area contributed by atoms with Gasteiger partial charge in [-0.1, -0.05) is 54.0 Å². The third-order valence-electron chi connectivity index (χ3n) is 6.70. The Balaban J connectivity index is 0.00000126. The number of hydrogen-bond donors (Lipinski definition) is 2. The maximum Gasteiger partial charge on any atom is 0.308 e. The molecule has 4 nitrogen and oxygen atoms in total. The quantitative estimate of drug-likeness (QED) is 0.361. The summed E-state index contributed by atoms with van der Waals surface area (Å²) in [6.07, 6.45) is 9.46. The second-order valence-corrected chi connectivity index (χ2v) is 11.7. The van der Waals surface area contributed by atoms with Gasteiger partial charge in [-0.2, -0.15) is 0 Å². The topological polar surface area (TPSA) is 74.6 Å². The predicted octanol–water partition coefficient (Wildman–Crippen LogP) is 8.30. The molecule has 0 spiro atoms. The summed E-state index contributed by atoms with van der Waals surface area (Å²) in [5.41, 5.74) is 2.27. The van der Waals surface area contributed by atoms with Crippen LogP contribution >= 0.6 is 0 Å². The Kier molecular flexibility index (Phi) is 12.4. The van der Waals surface area contributed by atoms with E-state index in [1.165, 1.54) is 12.8 Å². The molecule has 1 unspecified atom stereocenters. The zero-order valence-electron chi connectivity index (χ0n) is 23.1. The van der Waals surface area contributed by atoms with Crippen molar-refractivity contribution in [2.45, 2.75) is 108 Å². The van der Waals surface area contributed by atoms with Crippen LogP contribution in [0, 0.1) is 28.6 Å². The van der Waals surface area contributed by atoms with E-state index in [0.717, 1.165) is 41.9 Å². The Bertz CT molecular complexity index is 761. The van der Waals surface area contributed by atoms with E-state index in [2.05, 4.69) is 47.6 Å². The van der Waals surface area contributed by atoms with Gasteiger partial charge >= 0.3 is 5.97 Å². The fourth-order valence-electron chi connectivity index (χ4n) is 4.41. The molecular formula is C29H50O4. The molecule has 0 saturated heterocycles. The lowest BCUT2D eigenvalue weighted by Crippen LogP contribution is -2.28. The highest BCUT2D eigenvalue weighted by atomic mass is 16.4. The Labute approximate surface area is 203 Å². The Hall–Kier alpha value is -1.84. The van der Waals surface area contributed by atoms with Crippen LogP contribution < -0.4 is 0 Å². The van der Waals surface area contributed by atoms with Crippen LogP contribution in [0.1, 0.15) is 108 Å². The normalized spacial score (nSPS) is 19.6. The number of carbonyl (C=O) groups is 2. The van der Waals surface area contributed by atoms with Crippen molar-refractivity contribution in [2.24, 2.45) is 28.6 Å². The van der Waals surface area contributed by atoms with Crippen LogP contribution in [-0.4, -0.2) is 22.0 Å². The van der Waals surface area contributed by atoms with Gasteiger partial charge in [-0.3, -0.25) is 9.59 Å². The van der Waals surface area contributed by atoms with Crippen LogP contribution in [0.5, 0.6) is 0 Å². The van der Waals surface area contributed by atoms with Gasteiger partial charge in [-0.25, -0.2) is 0 Å². The van der Waals surface area contributed by atoms with Gasteiger partial charge in [0.15, 0.2) is 5.76 Å². The minimum Gasteiger partial charge on any atom is -0.504 e. The number of aliphatic hydroxyl groups excluding tert-OH is 1. The maximum atomic E-state index is 12.4. The summed E-state index contributed by atoms with van der Waals surface area (Å²) in [7, 11) is 0. The Morgan fingerprint density at radius 1 is 1.09 bits per heavy atom. The van der Waals surface area contributed by atoms with E-state index in [1.54, 1.807) is 26.8 Å². The largest absolute Gasteiger partial charge is 0.504 e. The lowest BCUT2D eigenvalue weighted by Gasteiger charge is -2.38. The lowest BCUT2D eigenvalue weighted by molar-refractivity contribution is -0.145. The zero-order chi connectivity index (χ0) is 26.1. The molecule has 1 rings (SSSR count). The summed E-state index contributed by atoms with van der Waals surface area (Å²) in [6.45, 7) is 22.6. The number of carboxylic acids is 1. The number of aliphatic hydroxyl groups is 1. The fraction of sp³-hybridized carbons (Fsp3) is 0.724. The molecule has 0 heterocycles. The molecule has 0 amide bonds. The van der Waals surface area contributed by atoms with E-state index in [-0.39, 0.29) is 17.0 Å². The van der Waals surface area contributed by atoms with E-state index in [0.29, 0.717) is 11.8 Å². The van der Waals surface area contributed by atoms with E-state index in [9.17, 15) is 14.7 Å². The Morgan fingerprint density at radius 3 is 2.00 bits per heavy atom. The van der Waals surface area contributed by atoms with Gasteiger partial charge in [-0.05, 0) is 101 Å². The van der Waals surface area contributed by atoms with Crippen LogP contribution in [0.4, 0.5) is 0 Å². The standard InChI is InChI=1S/C24H40O2.C5H10O2/c1-9-17(5)15-24(8,12-11-18(6)13-16(3)4)21-14-22(25)23(26)19(7)20(21)10-2;1-5(2,3)4(6)7/h10,14,16-18,26H,9,11-13,15H2,1-8H3;1-3H3,(H,6,7)/b20-10-;/t17-,18?,24+;/m0./s1. The fourth-order valence-corrected chi connectivity index (χ4v) is 4.41. The van der Waals surface area contributed by atoms with Crippen LogP contribution in [0.3, 0.4) is 0 Å². The average Bonchev–Trinajstić information content (AvgIpc) is 2.69. The van der Waals surface area contributed by atoms with Crippen LogP contribution in [0.2, 0.25) is 0 Å². The monoisotopic (exact) mass is 462 g/mol. The molecule has 0 aliphatic heterocycles. The average molecular weight is 463 g/mol. The molecule has 3 atom stereocenters. The summed E-state index contributed by atoms with van der Waals surface area (Å²) in [4.78, 5) is 22.4. The Morgan fingerprint density at radius 2 is 1.61 bits per heavy atom. The van der Waals surface area contributed by atoms with Crippen molar-refractivity contribution in [1.29, 1.82) is 0 Å². The smallest absolute Gasteiger partial charge is 0.308 e. The van der Waals surface area contributed by atoms with Crippen molar-refractivity contribution in [1.82, 2.24) is 0 Å².